The van der Waals surface area contributed by atoms with Crippen LogP contribution < -0.4 is 0 Å². The van der Waals surface area contributed by atoms with E-state index >= 15 is 0 Å². The molecule has 2 aliphatic heterocycles. The number of hydrogen-bond acceptors (Lipinski definition) is 15. The van der Waals surface area contributed by atoms with Crippen molar-refractivity contribution in [1.29, 1.82) is 0 Å². The van der Waals surface area contributed by atoms with Gasteiger partial charge in [0.05, 0.1) is 19.8 Å². The maximum absolute atomic E-state index is 13.0. The SMILES string of the molecule is CCCCCCCC/C=C/CCCCCCCCCCCCCC(=O)OC[C@@H](CO[C@@H]1O[C@H](CO[C@@H]2O[C@H](CO)[C@H](O)C(O)C2O)[C@H](O)C(O)C1O)OC(=O)CCC/C=C/C/C=C/CCCCCCCCCCC. The van der Waals surface area contributed by atoms with Gasteiger partial charge in [0, 0.05) is 12.8 Å². The topological polar surface area (TPSA) is 231 Å². The molecule has 0 aliphatic carbocycles. The molecule has 74 heavy (non-hydrogen) atoms. The molecule has 15 nitrogen and oxygen atoms in total. The van der Waals surface area contributed by atoms with Gasteiger partial charge in [-0.15, -0.1) is 0 Å². The van der Waals surface area contributed by atoms with E-state index in [1.165, 1.54) is 154 Å². The first-order valence-electron chi connectivity index (χ1n) is 29.6. The van der Waals surface area contributed by atoms with Crippen LogP contribution in [0.3, 0.4) is 0 Å². The average molecular weight is 1060 g/mol. The molecular formula is C59H106O15. The molecule has 15 heteroatoms. The van der Waals surface area contributed by atoms with Crippen LogP contribution in [-0.2, 0) is 38.0 Å². The third-order valence-corrected chi connectivity index (χ3v) is 14.1. The maximum Gasteiger partial charge on any atom is 0.306 e. The first-order valence-corrected chi connectivity index (χ1v) is 29.6. The van der Waals surface area contributed by atoms with Crippen LogP contribution >= 0.6 is 0 Å². The van der Waals surface area contributed by atoms with Crippen LogP contribution in [0.5, 0.6) is 0 Å². The van der Waals surface area contributed by atoms with E-state index in [4.69, 9.17) is 28.4 Å². The van der Waals surface area contributed by atoms with Crippen LogP contribution in [0.4, 0.5) is 0 Å². The molecule has 432 valence electrons. The molecule has 2 saturated heterocycles. The predicted octanol–water partition coefficient (Wildman–Crippen LogP) is 10.1. The lowest BCUT2D eigenvalue weighted by Gasteiger charge is -2.42. The van der Waals surface area contributed by atoms with Crippen LogP contribution in [0.1, 0.15) is 232 Å². The number of aliphatic hydroxyl groups excluding tert-OH is 7. The van der Waals surface area contributed by atoms with E-state index in [1.54, 1.807) is 0 Å². The van der Waals surface area contributed by atoms with E-state index in [0.29, 0.717) is 19.3 Å². The van der Waals surface area contributed by atoms with Crippen molar-refractivity contribution in [2.45, 2.75) is 300 Å². The van der Waals surface area contributed by atoms with Gasteiger partial charge in [-0.2, -0.15) is 0 Å². The summed E-state index contributed by atoms with van der Waals surface area (Å²) in [6.45, 7) is 2.58. The highest BCUT2D eigenvalue weighted by atomic mass is 16.7. The lowest BCUT2D eigenvalue weighted by molar-refractivity contribution is -0.332. The van der Waals surface area contributed by atoms with Crippen molar-refractivity contribution < 1.29 is 73.8 Å². The fourth-order valence-electron chi connectivity index (χ4n) is 9.25. The molecular weight excluding hydrogens is 949 g/mol. The summed E-state index contributed by atoms with van der Waals surface area (Å²) in [5.41, 5.74) is 0. The first-order chi connectivity index (χ1) is 36.0. The summed E-state index contributed by atoms with van der Waals surface area (Å²) >= 11 is 0. The summed E-state index contributed by atoms with van der Waals surface area (Å²) in [7, 11) is 0. The van der Waals surface area contributed by atoms with Gasteiger partial charge in [0.25, 0.3) is 0 Å². The summed E-state index contributed by atoms with van der Waals surface area (Å²) in [6.07, 6.45) is 34.6. The molecule has 0 amide bonds. The number of carbonyl (C=O) groups excluding carboxylic acids is 2. The van der Waals surface area contributed by atoms with Crippen LogP contribution in [0.2, 0.25) is 0 Å². The molecule has 0 radical (unpaired) electrons. The molecule has 4 unspecified atom stereocenters. The second kappa shape index (κ2) is 45.7. The number of rotatable bonds is 47. The number of ether oxygens (including phenoxy) is 6. The second-order valence-corrected chi connectivity index (χ2v) is 20.8. The summed E-state index contributed by atoms with van der Waals surface area (Å²) in [5, 5.41) is 72.3. The third-order valence-electron chi connectivity index (χ3n) is 14.1. The van der Waals surface area contributed by atoms with Crippen LogP contribution in [0, 0.1) is 0 Å². The van der Waals surface area contributed by atoms with Gasteiger partial charge >= 0.3 is 11.9 Å². The van der Waals surface area contributed by atoms with Crippen molar-refractivity contribution in [3.8, 4) is 0 Å². The van der Waals surface area contributed by atoms with Crippen molar-refractivity contribution in [3.63, 3.8) is 0 Å². The van der Waals surface area contributed by atoms with Crippen molar-refractivity contribution in [1.82, 2.24) is 0 Å². The Hall–Kier alpha value is -2.28. The molecule has 0 saturated carbocycles. The van der Waals surface area contributed by atoms with Gasteiger partial charge in [0.1, 0.15) is 55.4 Å². The van der Waals surface area contributed by atoms with E-state index in [1.807, 2.05) is 6.08 Å². The van der Waals surface area contributed by atoms with Crippen molar-refractivity contribution in [3.05, 3.63) is 36.5 Å². The first kappa shape index (κ1) is 67.8. The minimum Gasteiger partial charge on any atom is -0.462 e. The zero-order valence-electron chi connectivity index (χ0n) is 46.1. The Morgan fingerprint density at radius 2 is 0.824 bits per heavy atom. The molecule has 11 atom stereocenters. The summed E-state index contributed by atoms with van der Waals surface area (Å²) in [6, 6.07) is 0. The molecule has 0 bridgehead atoms. The number of allylic oxidation sites excluding steroid dienone is 6. The van der Waals surface area contributed by atoms with Gasteiger partial charge in [-0.05, 0) is 64.2 Å². The standard InChI is InChI=1S/C59H106O15/c1-3-5-7-9-11-13-15-17-19-21-22-23-24-26-27-29-31-33-35-37-39-41-50(61)69-44-47(72-51(62)42-40-38-36-34-32-30-28-25-20-18-16-14-12-10-8-6-4-2)45-70-58-57(68)55(66)53(64)49(74-58)46-71-59-56(67)54(65)52(63)48(43-60)73-59/h17,19,28,30,34,36,47-49,52-60,63-68H,3-16,18,20-27,29,31-33,35,37-46H2,1-2H3/b19-17+,30-28+,36-34+/t47-,48+,49+,52-,53-,54?,55?,56?,57?,58+,59+/m0/s1. The normalized spacial score (nSPS) is 24.9. The number of aliphatic hydroxyl groups is 7. The Labute approximate surface area is 446 Å². The quantitative estimate of drug-likeness (QED) is 0.0171. The highest BCUT2D eigenvalue weighted by Gasteiger charge is 2.47. The zero-order valence-corrected chi connectivity index (χ0v) is 46.1. The predicted molar refractivity (Wildman–Crippen MR) is 289 cm³/mol. The molecule has 0 aromatic rings. The minimum atomic E-state index is -1.77. The molecule has 2 heterocycles. The Balaban J connectivity index is 1.76. The molecule has 0 aromatic carbocycles. The Morgan fingerprint density at radius 3 is 1.31 bits per heavy atom. The van der Waals surface area contributed by atoms with Crippen LogP contribution in [0.25, 0.3) is 0 Å². The van der Waals surface area contributed by atoms with Gasteiger partial charge in [0.15, 0.2) is 18.7 Å². The van der Waals surface area contributed by atoms with Gasteiger partial charge in [-0.25, -0.2) is 0 Å². The maximum atomic E-state index is 13.0. The lowest BCUT2D eigenvalue weighted by atomic mass is 9.98. The van der Waals surface area contributed by atoms with E-state index in [9.17, 15) is 45.3 Å². The smallest absolute Gasteiger partial charge is 0.306 e. The third kappa shape index (κ3) is 32.5. The zero-order chi connectivity index (χ0) is 53.9. The van der Waals surface area contributed by atoms with E-state index in [-0.39, 0.29) is 19.4 Å². The van der Waals surface area contributed by atoms with Gasteiger partial charge in [0.2, 0.25) is 0 Å². The fraction of sp³-hybridized carbons (Fsp3) is 0.864. The summed E-state index contributed by atoms with van der Waals surface area (Å²) in [5.74, 6) is -0.971. The number of hydrogen-bond donors (Lipinski definition) is 7. The molecule has 0 spiro atoms. The molecule has 0 aromatic heterocycles. The number of esters is 2. The van der Waals surface area contributed by atoms with E-state index in [2.05, 4.69) is 44.2 Å². The largest absolute Gasteiger partial charge is 0.462 e. The molecule has 2 rings (SSSR count). The Kier molecular flexibility index (Phi) is 41.9. The Bertz CT molecular complexity index is 1430. The highest BCUT2D eigenvalue weighted by molar-refractivity contribution is 5.70. The van der Waals surface area contributed by atoms with Crippen LogP contribution in [0.15, 0.2) is 36.5 Å². The lowest BCUT2D eigenvalue weighted by Crippen LogP contribution is -2.61. The van der Waals surface area contributed by atoms with Crippen molar-refractivity contribution in [2.24, 2.45) is 0 Å². The molecule has 2 fully saturated rings. The van der Waals surface area contributed by atoms with Crippen molar-refractivity contribution >= 4 is 11.9 Å². The summed E-state index contributed by atoms with van der Waals surface area (Å²) in [4.78, 5) is 25.9. The Morgan fingerprint density at radius 1 is 0.432 bits per heavy atom. The fourth-order valence-corrected chi connectivity index (χ4v) is 9.25. The van der Waals surface area contributed by atoms with Crippen molar-refractivity contribution in [2.75, 3.05) is 26.4 Å². The molecule has 2 aliphatic rings. The van der Waals surface area contributed by atoms with Gasteiger partial charge in [-0.1, -0.05) is 192 Å². The van der Waals surface area contributed by atoms with Gasteiger partial charge < -0.3 is 64.2 Å². The summed E-state index contributed by atoms with van der Waals surface area (Å²) < 4.78 is 33.6. The number of unbranched alkanes of at least 4 members (excludes halogenated alkanes) is 27. The highest BCUT2D eigenvalue weighted by Crippen LogP contribution is 2.27. The number of carbonyl (C=O) groups is 2. The van der Waals surface area contributed by atoms with E-state index in [0.717, 1.165) is 32.1 Å². The van der Waals surface area contributed by atoms with Gasteiger partial charge in [-0.3, -0.25) is 9.59 Å². The second-order valence-electron chi connectivity index (χ2n) is 20.8. The monoisotopic (exact) mass is 1050 g/mol. The molecule has 7 N–H and O–H groups in total. The minimum absolute atomic E-state index is 0.102. The van der Waals surface area contributed by atoms with E-state index < -0.39 is 99.3 Å². The average Bonchev–Trinajstić information content (AvgIpc) is 3.39. The van der Waals surface area contributed by atoms with Crippen LogP contribution in [-0.4, -0.2) is 142 Å².